The van der Waals surface area contributed by atoms with Crippen molar-refractivity contribution < 1.29 is 14.3 Å². The van der Waals surface area contributed by atoms with E-state index in [1.54, 1.807) is 4.90 Å². The lowest BCUT2D eigenvalue weighted by Gasteiger charge is -2.24. The summed E-state index contributed by atoms with van der Waals surface area (Å²) in [5, 5.41) is 5.92. The van der Waals surface area contributed by atoms with Crippen molar-refractivity contribution in [1.82, 2.24) is 5.32 Å². The van der Waals surface area contributed by atoms with Crippen molar-refractivity contribution in [3.05, 3.63) is 84.9 Å². The fourth-order valence-electron chi connectivity index (χ4n) is 4.41. The van der Waals surface area contributed by atoms with Crippen molar-refractivity contribution in [2.45, 2.75) is 38.5 Å². The number of rotatable bonds is 10. The molecule has 6 nitrogen and oxygen atoms in total. The number of urea groups is 1. The van der Waals surface area contributed by atoms with Gasteiger partial charge in [-0.25, -0.2) is 4.79 Å². The fraction of sp³-hybridized carbons (Fsp3) is 0.310. The number of nitrogens with one attached hydrogen (secondary N) is 2. The number of hydrogen-bond donors (Lipinski definition) is 2. The zero-order chi connectivity index (χ0) is 24.3. The molecule has 1 saturated carbocycles. The highest BCUT2D eigenvalue weighted by molar-refractivity contribution is 6.01. The Hall–Kier alpha value is -3.80. The first kappa shape index (κ1) is 24.3. The number of hydrogen-bond acceptors (Lipinski definition) is 3. The number of amides is 3. The van der Waals surface area contributed by atoms with Crippen LogP contribution in [0, 0.1) is 5.92 Å². The fourth-order valence-corrected chi connectivity index (χ4v) is 4.41. The van der Waals surface area contributed by atoms with Crippen LogP contribution in [-0.4, -0.2) is 25.0 Å². The van der Waals surface area contributed by atoms with Gasteiger partial charge in [0.1, 0.15) is 11.5 Å². The molecule has 182 valence electrons. The van der Waals surface area contributed by atoms with E-state index in [1.165, 1.54) is 25.7 Å². The highest BCUT2D eigenvalue weighted by atomic mass is 16.5. The van der Waals surface area contributed by atoms with Crippen molar-refractivity contribution in [2.24, 2.45) is 5.92 Å². The molecule has 3 aromatic carbocycles. The zero-order valence-corrected chi connectivity index (χ0v) is 20.0. The molecule has 0 atom stereocenters. The normalized spacial score (nSPS) is 13.3. The largest absolute Gasteiger partial charge is 0.457 e. The molecule has 3 aromatic rings. The summed E-state index contributed by atoms with van der Waals surface area (Å²) in [5.41, 5.74) is 1.44. The molecule has 0 aliphatic heterocycles. The minimum atomic E-state index is -0.256. The lowest BCUT2D eigenvalue weighted by atomic mass is 10.0. The first-order valence-electron chi connectivity index (χ1n) is 12.4. The third kappa shape index (κ3) is 7.60. The molecule has 0 radical (unpaired) electrons. The topological polar surface area (TPSA) is 70.7 Å². The molecule has 1 aliphatic rings. The number of para-hydroxylation sites is 2. The molecule has 0 bridgehead atoms. The molecule has 6 heteroatoms. The van der Waals surface area contributed by atoms with E-state index in [2.05, 4.69) is 10.6 Å². The van der Waals surface area contributed by atoms with Gasteiger partial charge in [0.25, 0.3) is 0 Å². The van der Waals surface area contributed by atoms with Gasteiger partial charge in [0.05, 0.1) is 0 Å². The molecule has 0 unspecified atom stereocenters. The SMILES string of the molecule is O=C(CCC1CCCC1)NCCN(C(=O)Nc1ccccc1)c1ccc(Oc2ccccc2)cc1. The van der Waals surface area contributed by atoms with Crippen LogP contribution in [0.1, 0.15) is 38.5 Å². The van der Waals surface area contributed by atoms with Crippen LogP contribution in [0.15, 0.2) is 84.9 Å². The maximum Gasteiger partial charge on any atom is 0.326 e. The predicted octanol–water partition coefficient (Wildman–Crippen LogP) is 6.60. The second kappa shape index (κ2) is 12.6. The van der Waals surface area contributed by atoms with Gasteiger partial charge in [-0.1, -0.05) is 62.1 Å². The van der Waals surface area contributed by atoms with Crippen molar-refractivity contribution >= 4 is 23.3 Å². The average molecular weight is 472 g/mol. The van der Waals surface area contributed by atoms with Crippen LogP contribution in [0.4, 0.5) is 16.2 Å². The monoisotopic (exact) mass is 471 g/mol. The Morgan fingerprint density at radius 1 is 0.829 bits per heavy atom. The Morgan fingerprint density at radius 2 is 1.46 bits per heavy atom. The Morgan fingerprint density at radius 3 is 2.14 bits per heavy atom. The highest BCUT2D eigenvalue weighted by Gasteiger charge is 2.18. The van der Waals surface area contributed by atoms with Crippen molar-refractivity contribution in [3.8, 4) is 11.5 Å². The third-order valence-electron chi connectivity index (χ3n) is 6.31. The maximum atomic E-state index is 13.1. The molecule has 0 saturated heterocycles. The summed E-state index contributed by atoms with van der Waals surface area (Å²) in [6, 6.07) is 26.0. The molecule has 1 fully saturated rings. The van der Waals surface area contributed by atoms with Crippen molar-refractivity contribution in [3.63, 3.8) is 0 Å². The highest BCUT2D eigenvalue weighted by Crippen LogP contribution is 2.28. The van der Waals surface area contributed by atoms with Crippen LogP contribution in [0.2, 0.25) is 0 Å². The molecule has 0 aromatic heterocycles. The van der Waals surface area contributed by atoms with Crippen LogP contribution in [0.5, 0.6) is 11.5 Å². The van der Waals surface area contributed by atoms with E-state index in [0.717, 1.165) is 17.9 Å². The van der Waals surface area contributed by atoms with E-state index < -0.39 is 0 Å². The Balaban J connectivity index is 1.37. The number of benzene rings is 3. The molecule has 4 rings (SSSR count). The van der Waals surface area contributed by atoms with Gasteiger partial charge in [-0.3, -0.25) is 9.69 Å². The summed E-state index contributed by atoms with van der Waals surface area (Å²) in [7, 11) is 0. The summed E-state index contributed by atoms with van der Waals surface area (Å²) in [6.07, 6.45) is 6.55. The van der Waals surface area contributed by atoms with Gasteiger partial charge in [-0.05, 0) is 60.9 Å². The standard InChI is InChI=1S/C29H33N3O3/c33-28(20-15-23-9-7-8-10-23)30-21-22-32(29(34)31-24-11-3-1-4-12-24)25-16-18-27(19-17-25)35-26-13-5-2-6-14-26/h1-6,11-14,16-19,23H,7-10,15,20-22H2,(H,30,33)(H,31,34). The van der Waals surface area contributed by atoms with Gasteiger partial charge in [-0.2, -0.15) is 0 Å². The molecule has 35 heavy (non-hydrogen) atoms. The molecular weight excluding hydrogens is 438 g/mol. The Bertz CT molecular complexity index is 1070. The number of carbonyl (C=O) groups is 2. The summed E-state index contributed by atoms with van der Waals surface area (Å²) in [6.45, 7) is 0.737. The third-order valence-corrected chi connectivity index (χ3v) is 6.31. The van der Waals surface area contributed by atoms with E-state index in [1.807, 2.05) is 84.9 Å². The minimum absolute atomic E-state index is 0.0481. The van der Waals surface area contributed by atoms with Crippen molar-refractivity contribution in [2.75, 3.05) is 23.3 Å². The van der Waals surface area contributed by atoms with Gasteiger partial charge in [-0.15, -0.1) is 0 Å². The molecule has 0 spiro atoms. The van der Waals surface area contributed by atoms with Crippen molar-refractivity contribution in [1.29, 1.82) is 0 Å². The lowest BCUT2D eigenvalue weighted by Crippen LogP contribution is -2.41. The van der Waals surface area contributed by atoms with Crippen LogP contribution in [-0.2, 0) is 4.79 Å². The van der Waals surface area contributed by atoms with Gasteiger partial charge < -0.3 is 15.4 Å². The second-order valence-corrected chi connectivity index (χ2v) is 8.90. The van der Waals surface area contributed by atoms with Crippen LogP contribution in [0.3, 0.4) is 0 Å². The minimum Gasteiger partial charge on any atom is -0.457 e. The maximum absolute atomic E-state index is 13.1. The van der Waals surface area contributed by atoms with E-state index in [4.69, 9.17) is 4.74 Å². The smallest absolute Gasteiger partial charge is 0.326 e. The van der Waals surface area contributed by atoms with Gasteiger partial charge in [0, 0.05) is 30.9 Å². The van der Waals surface area contributed by atoms with Crippen LogP contribution >= 0.6 is 0 Å². The van der Waals surface area contributed by atoms with Gasteiger partial charge in [0.15, 0.2) is 0 Å². The van der Waals surface area contributed by atoms with Crippen LogP contribution < -0.4 is 20.3 Å². The Kier molecular flexibility index (Phi) is 8.76. The second-order valence-electron chi connectivity index (χ2n) is 8.90. The number of nitrogens with zero attached hydrogens (tertiary/aromatic N) is 1. The molecule has 3 amide bonds. The molecule has 1 aliphatic carbocycles. The summed E-state index contributed by atoms with van der Waals surface area (Å²) in [5.74, 6) is 2.17. The van der Waals surface area contributed by atoms with E-state index in [-0.39, 0.29) is 11.9 Å². The quantitative estimate of drug-likeness (QED) is 0.350. The molecular formula is C29H33N3O3. The number of carbonyl (C=O) groups excluding carboxylic acids is 2. The van der Waals surface area contributed by atoms with Gasteiger partial charge in [0.2, 0.25) is 5.91 Å². The van der Waals surface area contributed by atoms with E-state index in [0.29, 0.717) is 36.9 Å². The summed E-state index contributed by atoms with van der Waals surface area (Å²) < 4.78 is 5.87. The van der Waals surface area contributed by atoms with Crippen LogP contribution in [0.25, 0.3) is 0 Å². The molecule has 0 heterocycles. The predicted molar refractivity (Wildman–Crippen MR) is 140 cm³/mol. The van der Waals surface area contributed by atoms with E-state index >= 15 is 0 Å². The first-order valence-corrected chi connectivity index (χ1v) is 12.4. The van der Waals surface area contributed by atoms with E-state index in [9.17, 15) is 9.59 Å². The number of anilines is 2. The lowest BCUT2D eigenvalue weighted by molar-refractivity contribution is -0.121. The number of ether oxygens (including phenoxy) is 1. The zero-order valence-electron chi connectivity index (χ0n) is 20.0. The van der Waals surface area contributed by atoms with Gasteiger partial charge >= 0.3 is 6.03 Å². The summed E-state index contributed by atoms with van der Waals surface area (Å²) >= 11 is 0. The summed E-state index contributed by atoms with van der Waals surface area (Å²) in [4.78, 5) is 27.1. The Labute approximate surface area is 207 Å². The molecule has 2 N–H and O–H groups in total. The average Bonchev–Trinajstić information content (AvgIpc) is 3.41. The first-order chi connectivity index (χ1) is 17.2.